The lowest BCUT2D eigenvalue weighted by Gasteiger charge is -2.34. The number of amides is 1. The lowest BCUT2D eigenvalue weighted by Crippen LogP contribution is -2.49. The van der Waals surface area contributed by atoms with Gasteiger partial charge < -0.3 is 15.2 Å². The molecule has 3 aromatic heterocycles. The number of pyridine rings is 1. The molecule has 4 heterocycles. The zero-order valence-electron chi connectivity index (χ0n) is 21.9. The second-order valence-electron chi connectivity index (χ2n) is 9.34. The zero-order chi connectivity index (χ0) is 27.5. The first-order chi connectivity index (χ1) is 18.8. The van der Waals surface area contributed by atoms with Crippen molar-refractivity contribution in [1.82, 2.24) is 40.3 Å². The Morgan fingerprint density at radius 2 is 2.03 bits per heavy atom. The Labute approximate surface area is 224 Å². The van der Waals surface area contributed by atoms with E-state index in [-0.39, 0.29) is 17.8 Å². The standard InChI is InChI=1S/C26H29N9O4/c1-16-6-4-13-28-24(16)34(20-7-5-12-27-14-20)25(36)19-10-8-18(9-11-19)21-15-29-33(3)22(21)23-30-32-35(31-23)17(2)39-26(37)38/h4,6,8-11,13,15,17,20,27H,5,7,12,14H2,1-3H3,(H,37,38)/t17?,20-/m1/s1. The van der Waals surface area contributed by atoms with Gasteiger partial charge in [-0.1, -0.05) is 18.2 Å². The smallest absolute Gasteiger partial charge is 0.450 e. The summed E-state index contributed by atoms with van der Waals surface area (Å²) in [6.45, 7) is 5.11. The number of ether oxygens (including phenoxy) is 1. The van der Waals surface area contributed by atoms with Gasteiger partial charge in [-0.05, 0) is 67.8 Å². The normalized spacial score (nSPS) is 16.0. The topological polar surface area (TPSA) is 153 Å². The van der Waals surface area contributed by atoms with E-state index in [4.69, 9.17) is 9.84 Å². The molecule has 1 aromatic carbocycles. The molecular weight excluding hydrogens is 502 g/mol. The quantitative estimate of drug-likeness (QED) is 0.340. The van der Waals surface area contributed by atoms with Crippen LogP contribution < -0.4 is 10.2 Å². The Morgan fingerprint density at radius 1 is 1.23 bits per heavy atom. The predicted octanol–water partition coefficient (Wildman–Crippen LogP) is 3.06. The average molecular weight is 532 g/mol. The van der Waals surface area contributed by atoms with Crippen LogP contribution in [0.2, 0.25) is 0 Å². The van der Waals surface area contributed by atoms with E-state index < -0.39 is 12.4 Å². The van der Waals surface area contributed by atoms with Crippen molar-refractivity contribution < 1.29 is 19.4 Å². The van der Waals surface area contributed by atoms with Crippen LogP contribution in [0.4, 0.5) is 10.6 Å². The third-order valence-corrected chi connectivity index (χ3v) is 6.68. The predicted molar refractivity (Wildman–Crippen MR) is 141 cm³/mol. The molecule has 13 heteroatoms. The van der Waals surface area contributed by atoms with Crippen molar-refractivity contribution in [2.45, 2.75) is 39.0 Å². The van der Waals surface area contributed by atoms with Gasteiger partial charge in [0.05, 0.1) is 12.2 Å². The molecule has 0 bridgehead atoms. The van der Waals surface area contributed by atoms with E-state index in [2.05, 4.69) is 30.8 Å². The number of benzene rings is 1. The zero-order valence-corrected chi connectivity index (χ0v) is 21.9. The van der Waals surface area contributed by atoms with Gasteiger partial charge >= 0.3 is 6.16 Å². The molecule has 2 atom stereocenters. The number of nitrogens with one attached hydrogen (secondary N) is 1. The van der Waals surface area contributed by atoms with Crippen molar-refractivity contribution >= 4 is 17.9 Å². The molecule has 0 spiro atoms. The molecule has 1 saturated heterocycles. The summed E-state index contributed by atoms with van der Waals surface area (Å²) in [7, 11) is 1.75. The average Bonchev–Trinajstić information content (AvgIpc) is 3.57. The monoisotopic (exact) mass is 531 g/mol. The van der Waals surface area contributed by atoms with Gasteiger partial charge in [0.2, 0.25) is 12.1 Å². The lowest BCUT2D eigenvalue weighted by atomic mass is 10.0. The molecule has 1 unspecified atom stereocenters. The molecule has 0 aliphatic carbocycles. The van der Waals surface area contributed by atoms with Crippen LogP contribution in [0.3, 0.4) is 0 Å². The molecule has 1 aliphatic heterocycles. The maximum atomic E-state index is 13.8. The van der Waals surface area contributed by atoms with Gasteiger partial charge in [-0.25, -0.2) is 9.78 Å². The molecule has 4 aromatic rings. The summed E-state index contributed by atoms with van der Waals surface area (Å²) in [5.41, 5.74) is 3.61. The van der Waals surface area contributed by atoms with Crippen LogP contribution in [-0.2, 0) is 11.8 Å². The molecule has 202 valence electrons. The van der Waals surface area contributed by atoms with Crippen molar-refractivity contribution in [2.75, 3.05) is 18.0 Å². The van der Waals surface area contributed by atoms with Gasteiger partial charge in [-0.3, -0.25) is 14.4 Å². The Bertz CT molecular complexity index is 1470. The number of carboxylic acid groups (broad SMARTS) is 1. The van der Waals surface area contributed by atoms with Crippen LogP contribution in [0.5, 0.6) is 0 Å². The number of nitrogens with zero attached hydrogens (tertiary/aromatic N) is 8. The first-order valence-electron chi connectivity index (χ1n) is 12.6. The Hall–Kier alpha value is -4.65. The number of anilines is 1. The Morgan fingerprint density at radius 3 is 2.72 bits per heavy atom. The molecule has 13 nitrogen and oxygen atoms in total. The third kappa shape index (κ3) is 5.34. The van der Waals surface area contributed by atoms with Crippen molar-refractivity contribution in [3.8, 4) is 22.6 Å². The van der Waals surface area contributed by atoms with Crippen LogP contribution in [0.1, 0.15) is 41.9 Å². The number of aromatic nitrogens is 7. The van der Waals surface area contributed by atoms with E-state index in [1.807, 2.05) is 36.1 Å². The number of rotatable bonds is 7. The largest absolute Gasteiger partial charge is 0.507 e. The summed E-state index contributed by atoms with van der Waals surface area (Å²) in [4.78, 5) is 32.1. The summed E-state index contributed by atoms with van der Waals surface area (Å²) < 4.78 is 6.31. The number of tetrazole rings is 1. The summed E-state index contributed by atoms with van der Waals surface area (Å²) >= 11 is 0. The molecule has 1 fully saturated rings. The summed E-state index contributed by atoms with van der Waals surface area (Å²) in [6.07, 6.45) is 2.90. The van der Waals surface area contributed by atoms with E-state index in [1.165, 1.54) is 6.92 Å². The van der Waals surface area contributed by atoms with Crippen LogP contribution in [0.15, 0.2) is 48.8 Å². The van der Waals surface area contributed by atoms with Gasteiger partial charge in [0.25, 0.3) is 5.91 Å². The third-order valence-electron chi connectivity index (χ3n) is 6.68. The fraction of sp³-hybridized carbons (Fsp3) is 0.346. The fourth-order valence-corrected chi connectivity index (χ4v) is 4.73. The van der Waals surface area contributed by atoms with Crippen molar-refractivity contribution in [3.05, 3.63) is 59.9 Å². The van der Waals surface area contributed by atoms with Gasteiger partial charge in [-0.2, -0.15) is 5.10 Å². The lowest BCUT2D eigenvalue weighted by molar-refractivity contribution is 0.0139. The minimum Gasteiger partial charge on any atom is -0.450 e. The molecular formula is C26H29N9O4. The first kappa shape index (κ1) is 26.0. The summed E-state index contributed by atoms with van der Waals surface area (Å²) in [5, 5.41) is 28.9. The van der Waals surface area contributed by atoms with Gasteiger partial charge in [0.15, 0.2) is 0 Å². The second-order valence-corrected chi connectivity index (χ2v) is 9.34. The van der Waals surface area contributed by atoms with Gasteiger partial charge in [-0.15, -0.1) is 15.0 Å². The fourth-order valence-electron chi connectivity index (χ4n) is 4.73. The van der Waals surface area contributed by atoms with Crippen molar-refractivity contribution in [2.24, 2.45) is 7.05 Å². The highest BCUT2D eigenvalue weighted by Gasteiger charge is 2.30. The number of piperidine rings is 1. The van der Waals surface area contributed by atoms with E-state index in [0.29, 0.717) is 23.6 Å². The first-order valence-corrected chi connectivity index (χ1v) is 12.6. The van der Waals surface area contributed by atoms with Crippen LogP contribution in [0, 0.1) is 6.92 Å². The second kappa shape index (κ2) is 11.0. The van der Waals surface area contributed by atoms with E-state index in [9.17, 15) is 9.59 Å². The van der Waals surface area contributed by atoms with Crippen LogP contribution >= 0.6 is 0 Å². The van der Waals surface area contributed by atoms with Crippen molar-refractivity contribution in [1.29, 1.82) is 0 Å². The number of carbonyl (C=O) groups is 2. The van der Waals surface area contributed by atoms with Crippen LogP contribution in [-0.4, -0.2) is 71.3 Å². The number of hydrogen-bond acceptors (Lipinski definition) is 9. The van der Waals surface area contributed by atoms with Crippen molar-refractivity contribution in [3.63, 3.8) is 0 Å². The Kier molecular flexibility index (Phi) is 7.32. The number of hydrogen-bond donors (Lipinski definition) is 2. The minimum atomic E-state index is -1.44. The molecule has 0 saturated carbocycles. The summed E-state index contributed by atoms with van der Waals surface area (Å²) in [5.74, 6) is 0.818. The van der Waals surface area contributed by atoms with Gasteiger partial charge in [0.1, 0.15) is 11.5 Å². The van der Waals surface area contributed by atoms with E-state index in [0.717, 1.165) is 40.9 Å². The summed E-state index contributed by atoms with van der Waals surface area (Å²) in [6, 6.07) is 11.1. The molecule has 5 rings (SSSR count). The molecule has 1 amide bonds. The molecule has 39 heavy (non-hydrogen) atoms. The highest BCUT2D eigenvalue weighted by Crippen LogP contribution is 2.31. The maximum Gasteiger partial charge on any atom is 0.507 e. The highest BCUT2D eigenvalue weighted by molar-refractivity contribution is 6.06. The molecule has 1 aliphatic rings. The SMILES string of the molecule is Cc1cccnc1N(C(=O)c1ccc(-c2cnn(C)c2-c2nnn(C(C)OC(=O)O)n2)cc1)[C@@H]1CCCNC1. The van der Waals surface area contributed by atoms with Crippen LogP contribution in [0.25, 0.3) is 22.6 Å². The number of carbonyl (C=O) groups excluding carboxylic acids is 1. The van der Waals surface area contributed by atoms with E-state index >= 15 is 0 Å². The Balaban J connectivity index is 1.44. The van der Waals surface area contributed by atoms with Gasteiger partial charge in [0, 0.05) is 30.9 Å². The molecule has 2 N–H and O–H groups in total. The molecule has 0 radical (unpaired) electrons. The van der Waals surface area contributed by atoms with E-state index in [1.54, 1.807) is 36.3 Å². The highest BCUT2D eigenvalue weighted by atomic mass is 16.7. The number of aryl methyl sites for hydroxylation is 2. The maximum absolute atomic E-state index is 13.8. The minimum absolute atomic E-state index is 0.00522.